The molecule has 1 amide bonds. The summed E-state index contributed by atoms with van der Waals surface area (Å²) >= 11 is 0. The van der Waals surface area contributed by atoms with E-state index in [0.717, 1.165) is 25.8 Å². The highest BCUT2D eigenvalue weighted by Gasteiger charge is 2.47. The molecular formula is C19H28N2O2. The maximum Gasteiger partial charge on any atom is 0.410 e. The molecule has 1 aromatic carbocycles. The van der Waals surface area contributed by atoms with Gasteiger partial charge >= 0.3 is 6.09 Å². The van der Waals surface area contributed by atoms with E-state index in [2.05, 4.69) is 24.3 Å². The summed E-state index contributed by atoms with van der Waals surface area (Å²) in [5.74, 6) is 1.14. The van der Waals surface area contributed by atoms with E-state index < -0.39 is 5.60 Å². The van der Waals surface area contributed by atoms with Crippen molar-refractivity contribution in [3.05, 3.63) is 35.4 Å². The van der Waals surface area contributed by atoms with Gasteiger partial charge in [0, 0.05) is 12.6 Å². The first-order valence-corrected chi connectivity index (χ1v) is 8.66. The van der Waals surface area contributed by atoms with Gasteiger partial charge in [-0.15, -0.1) is 0 Å². The van der Waals surface area contributed by atoms with Crippen LogP contribution in [0.1, 0.15) is 50.7 Å². The molecule has 23 heavy (non-hydrogen) atoms. The minimum absolute atomic E-state index is 0.151. The van der Waals surface area contributed by atoms with Crippen LogP contribution < -0.4 is 5.73 Å². The van der Waals surface area contributed by atoms with Gasteiger partial charge < -0.3 is 15.4 Å². The van der Waals surface area contributed by atoms with Crippen LogP contribution in [0.25, 0.3) is 0 Å². The molecule has 126 valence electrons. The fraction of sp³-hybridized carbons (Fsp3) is 0.632. The highest BCUT2D eigenvalue weighted by Crippen LogP contribution is 2.47. The van der Waals surface area contributed by atoms with Crippen molar-refractivity contribution in [2.24, 2.45) is 11.7 Å². The Balaban J connectivity index is 1.63. The third kappa shape index (κ3) is 3.52. The van der Waals surface area contributed by atoms with Gasteiger partial charge in [-0.05, 0) is 69.5 Å². The molecule has 1 heterocycles. The summed E-state index contributed by atoms with van der Waals surface area (Å²) in [7, 11) is 0. The molecule has 1 aromatic rings. The Morgan fingerprint density at radius 2 is 1.96 bits per heavy atom. The molecule has 4 nitrogen and oxygen atoms in total. The molecule has 3 rings (SSSR count). The number of carbonyl (C=O) groups is 1. The number of nitrogens with two attached hydrogens (primary N) is 1. The quantitative estimate of drug-likeness (QED) is 0.931. The normalized spacial score (nSPS) is 26.6. The Morgan fingerprint density at radius 1 is 1.26 bits per heavy atom. The van der Waals surface area contributed by atoms with Gasteiger partial charge in [0.1, 0.15) is 5.60 Å². The Morgan fingerprint density at radius 3 is 2.48 bits per heavy atom. The second-order valence-corrected chi connectivity index (χ2v) is 7.90. The summed E-state index contributed by atoms with van der Waals surface area (Å²) in [4.78, 5) is 14.2. The van der Waals surface area contributed by atoms with Gasteiger partial charge in [-0.2, -0.15) is 0 Å². The van der Waals surface area contributed by atoms with E-state index in [4.69, 9.17) is 10.5 Å². The largest absolute Gasteiger partial charge is 0.444 e. The van der Waals surface area contributed by atoms with E-state index in [0.29, 0.717) is 24.4 Å². The molecule has 0 spiro atoms. The van der Waals surface area contributed by atoms with Gasteiger partial charge in [0.15, 0.2) is 0 Å². The molecule has 2 aliphatic rings. The number of hydrogen-bond acceptors (Lipinski definition) is 3. The van der Waals surface area contributed by atoms with Gasteiger partial charge in [0.25, 0.3) is 0 Å². The number of ether oxygens (including phenoxy) is 1. The number of hydrogen-bond donors (Lipinski definition) is 1. The summed E-state index contributed by atoms with van der Waals surface area (Å²) < 4.78 is 5.53. The van der Waals surface area contributed by atoms with Crippen LogP contribution in [0.15, 0.2) is 24.3 Å². The van der Waals surface area contributed by atoms with Crippen LogP contribution in [0, 0.1) is 5.92 Å². The molecule has 0 aromatic heterocycles. The Bertz CT molecular complexity index is 562. The Kier molecular flexibility index (Phi) is 4.37. The fourth-order valence-corrected chi connectivity index (χ4v) is 4.00. The van der Waals surface area contributed by atoms with Gasteiger partial charge in [0.2, 0.25) is 0 Å². The summed E-state index contributed by atoms with van der Waals surface area (Å²) in [6.45, 7) is 7.29. The molecule has 4 heteroatoms. The number of piperidine rings is 1. The molecule has 2 fully saturated rings. The number of benzene rings is 1. The van der Waals surface area contributed by atoms with Crippen LogP contribution in [0.2, 0.25) is 0 Å². The molecule has 1 saturated carbocycles. The monoisotopic (exact) mass is 316 g/mol. The summed E-state index contributed by atoms with van der Waals surface area (Å²) in [6.07, 6.45) is 2.94. The maximum absolute atomic E-state index is 12.3. The van der Waals surface area contributed by atoms with Crippen LogP contribution >= 0.6 is 0 Å². The predicted molar refractivity (Wildman–Crippen MR) is 91.4 cm³/mol. The van der Waals surface area contributed by atoms with Gasteiger partial charge in [-0.1, -0.05) is 24.3 Å². The number of carbonyl (C=O) groups excluding carboxylic acids is 1. The fourth-order valence-electron chi connectivity index (χ4n) is 4.00. The minimum atomic E-state index is -0.420. The molecule has 3 atom stereocenters. The number of likely N-dealkylation sites (tertiary alicyclic amines) is 1. The van der Waals surface area contributed by atoms with E-state index in [1.54, 1.807) is 0 Å². The van der Waals surface area contributed by atoms with Crippen molar-refractivity contribution >= 4 is 6.09 Å². The first kappa shape index (κ1) is 16.3. The van der Waals surface area contributed by atoms with Crippen LogP contribution in [-0.2, 0) is 11.2 Å². The van der Waals surface area contributed by atoms with E-state index in [1.807, 2.05) is 25.7 Å². The Labute approximate surface area is 139 Å². The van der Waals surface area contributed by atoms with Crippen molar-refractivity contribution in [1.82, 2.24) is 4.90 Å². The standard InChI is InChI=1S/C19H28N2O2/c1-19(2,3)23-18(22)21-12-15-10-16(21)11-17(15)14-6-4-13(5-7-14)8-9-20/h4-7,15-17H,8-12,20H2,1-3H3. The van der Waals surface area contributed by atoms with Crippen molar-refractivity contribution in [3.8, 4) is 0 Å². The predicted octanol–water partition coefficient (Wildman–Crippen LogP) is 3.30. The highest BCUT2D eigenvalue weighted by atomic mass is 16.6. The van der Waals surface area contributed by atoms with Crippen molar-refractivity contribution < 1.29 is 9.53 Å². The van der Waals surface area contributed by atoms with E-state index >= 15 is 0 Å². The lowest BCUT2D eigenvalue weighted by atomic mass is 9.87. The number of fused-ring (bicyclic) bond motifs is 2. The van der Waals surface area contributed by atoms with Gasteiger partial charge in [0.05, 0.1) is 0 Å². The third-order valence-corrected chi connectivity index (χ3v) is 5.01. The van der Waals surface area contributed by atoms with Crippen molar-refractivity contribution in [2.45, 2.75) is 57.6 Å². The van der Waals surface area contributed by atoms with Crippen molar-refractivity contribution in [1.29, 1.82) is 0 Å². The van der Waals surface area contributed by atoms with E-state index in [1.165, 1.54) is 11.1 Å². The topological polar surface area (TPSA) is 55.6 Å². The smallest absolute Gasteiger partial charge is 0.410 e. The molecule has 3 unspecified atom stereocenters. The van der Waals surface area contributed by atoms with Crippen molar-refractivity contribution in [2.75, 3.05) is 13.1 Å². The molecule has 1 aliphatic heterocycles. The molecule has 2 bridgehead atoms. The van der Waals surface area contributed by atoms with Crippen LogP contribution in [0.5, 0.6) is 0 Å². The molecule has 1 saturated heterocycles. The second-order valence-electron chi connectivity index (χ2n) is 7.90. The zero-order valence-electron chi connectivity index (χ0n) is 14.4. The van der Waals surface area contributed by atoms with Crippen molar-refractivity contribution in [3.63, 3.8) is 0 Å². The molecule has 1 aliphatic carbocycles. The SMILES string of the molecule is CC(C)(C)OC(=O)N1CC2CC1CC2c1ccc(CCN)cc1. The number of nitrogens with zero attached hydrogens (tertiary/aromatic N) is 1. The molecule has 2 N–H and O–H groups in total. The average Bonchev–Trinajstić information content (AvgIpc) is 3.07. The van der Waals surface area contributed by atoms with Crippen LogP contribution in [0.4, 0.5) is 4.79 Å². The number of rotatable bonds is 3. The lowest BCUT2D eigenvalue weighted by molar-refractivity contribution is 0.0181. The lowest BCUT2D eigenvalue weighted by Crippen LogP contribution is -2.42. The van der Waals surface area contributed by atoms with Crippen LogP contribution in [-0.4, -0.2) is 35.7 Å². The zero-order chi connectivity index (χ0) is 16.6. The minimum Gasteiger partial charge on any atom is -0.444 e. The first-order valence-electron chi connectivity index (χ1n) is 8.66. The van der Waals surface area contributed by atoms with Gasteiger partial charge in [-0.3, -0.25) is 0 Å². The van der Waals surface area contributed by atoms with Crippen LogP contribution in [0.3, 0.4) is 0 Å². The third-order valence-electron chi connectivity index (χ3n) is 5.01. The lowest BCUT2D eigenvalue weighted by Gasteiger charge is -2.33. The first-order chi connectivity index (χ1) is 10.9. The van der Waals surface area contributed by atoms with Gasteiger partial charge in [-0.25, -0.2) is 4.79 Å². The zero-order valence-corrected chi connectivity index (χ0v) is 14.4. The summed E-state index contributed by atoms with van der Waals surface area (Å²) in [5, 5.41) is 0. The molecular weight excluding hydrogens is 288 g/mol. The highest BCUT2D eigenvalue weighted by molar-refractivity contribution is 5.69. The van der Waals surface area contributed by atoms with E-state index in [-0.39, 0.29) is 6.09 Å². The Hall–Kier alpha value is -1.55. The maximum atomic E-state index is 12.3. The summed E-state index contributed by atoms with van der Waals surface area (Å²) in [5.41, 5.74) is 7.89. The summed E-state index contributed by atoms with van der Waals surface area (Å²) in [6, 6.07) is 9.21. The molecule has 0 radical (unpaired) electrons. The second kappa shape index (κ2) is 6.16. The average molecular weight is 316 g/mol. The van der Waals surface area contributed by atoms with E-state index in [9.17, 15) is 4.79 Å². The number of amides is 1.